The van der Waals surface area contributed by atoms with Crippen LogP contribution in [0, 0.1) is 12.3 Å². The third-order valence-corrected chi connectivity index (χ3v) is 1.75. The summed E-state index contributed by atoms with van der Waals surface area (Å²) in [4.78, 5) is 34.0. The number of ketones is 1. The van der Waals surface area contributed by atoms with Gasteiger partial charge in [0.1, 0.15) is 5.57 Å². The average molecular weight is 238 g/mol. The van der Waals surface area contributed by atoms with Gasteiger partial charge in [-0.15, -0.1) is 12.3 Å². The minimum Gasteiger partial charge on any atom is -0.465 e. The Morgan fingerprint density at radius 3 is 2.47 bits per heavy atom. The van der Waals surface area contributed by atoms with E-state index in [9.17, 15) is 14.4 Å². The van der Waals surface area contributed by atoms with Gasteiger partial charge in [0.25, 0.3) is 0 Å². The van der Waals surface area contributed by atoms with Crippen molar-refractivity contribution in [2.24, 2.45) is 0 Å². The Kier molecular flexibility index (Phi) is 7.11. The molecule has 0 radical (unpaired) electrons. The summed E-state index contributed by atoms with van der Waals surface area (Å²) in [5.41, 5.74) is -0.346. The third-order valence-electron chi connectivity index (χ3n) is 1.75. The minimum absolute atomic E-state index is 0.0170. The fraction of sp³-hybridized carbons (Fsp3) is 0.417. The molecule has 5 heteroatoms. The van der Waals surface area contributed by atoms with Gasteiger partial charge in [-0.1, -0.05) is 0 Å². The molecule has 0 aromatic rings. The summed E-state index contributed by atoms with van der Waals surface area (Å²) in [5.74, 6) is 0.0965. The molecule has 0 bridgehead atoms. The number of ether oxygens (including phenoxy) is 2. The molecule has 0 N–H and O–H groups in total. The van der Waals surface area contributed by atoms with Crippen molar-refractivity contribution in [1.82, 2.24) is 0 Å². The lowest BCUT2D eigenvalue weighted by atomic mass is 10.1. The molecule has 0 saturated carbocycles. The summed E-state index contributed by atoms with van der Waals surface area (Å²) in [7, 11) is 1.12. The number of Topliss-reactive ketones (excluding diaryl/α,β-unsaturated/α-hetero) is 1. The Bertz CT molecular complexity index is 373. The highest BCUT2D eigenvalue weighted by Crippen LogP contribution is 2.05. The van der Waals surface area contributed by atoms with Crippen LogP contribution >= 0.6 is 0 Å². The highest BCUT2D eigenvalue weighted by atomic mass is 16.5. The maximum absolute atomic E-state index is 11.6. The molecule has 0 aliphatic carbocycles. The molecule has 0 saturated heterocycles. The predicted molar refractivity (Wildman–Crippen MR) is 59.8 cm³/mol. The van der Waals surface area contributed by atoms with Crippen LogP contribution in [0.2, 0.25) is 0 Å². The molecule has 0 fully saturated rings. The number of esters is 2. The maximum atomic E-state index is 11.6. The van der Waals surface area contributed by atoms with E-state index >= 15 is 0 Å². The number of methoxy groups -OCH3 is 1. The van der Waals surface area contributed by atoms with E-state index in [0.29, 0.717) is 0 Å². The van der Waals surface area contributed by atoms with Crippen LogP contribution in [0.5, 0.6) is 0 Å². The van der Waals surface area contributed by atoms with Gasteiger partial charge in [-0.3, -0.25) is 4.79 Å². The Morgan fingerprint density at radius 2 is 2.00 bits per heavy atom. The Labute approximate surface area is 99.8 Å². The summed E-state index contributed by atoms with van der Waals surface area (Å²) >= 11 is 0. The molecule has 0 spiro atoms. The Hall–Kier alpha value is -2.09. The molecular formula is C12H14O5. The zero-order valence-electron chi connectivity index (χ0n) is 9.82. The summed E-state index contributed by atoms with van der Waals surface area (Å²) in [6, 6.07) is 0. The van der Waals surface area contributed by atoms with Gasteiger partial charge in [0.2, 0.25) is 0 Å². The van der Waals surface area contributed by atoms with Crippen molar-refractivity contribution in [1.29, 1.82) is 0 Å². The Balaban J connectivity index is 4.88. The van der Waals surface area contributed by atoms with Crippen molar-refractivity contribution in [2.75, 3.05) is 13.7 Å². The van der Waals surface area contributed by atoms with E-state index in [-0.39, 0.29) is 25.0 Å². The zero-order valence-corrected chi connectivity index (χ0v) is 9.82. The molecule has 0 aliphatic heterocycles. The van der Waals surface area contributed by atoms with Gasteiger partial charge in [-0.2, -0.15) is 0 Å². The minimum atomic E-state index is -0.875. The lowest BCUT2D eigenvalue weighted by Crippen LogP contribution is -2.16. The second-order valence-electron chi connectivity index (χ2n) is 2.93. The van der Waals surface area contributed by atoms with Crippen LogP contribution < -0.4 is 0 Å². The van der Waals surface area contributed by atoms with Gasteiger partial charge in [-0.25, -0.2) is 9.59 Å². The molecule has 17 heavy (non-hydrogen) atoms. The number of terminal acetylenes is 1. The van der Waals surface area contributed by atoms with E-state index in [0.717, 1.165) is 13.2 Å². The molecule has 0 aromatic heterocycles. The standard InChI is InChI=1S/C12H14O5/c1-4-6-7-10(13)9(12(15)16-3)8-11(14)17-5-2/h1,8H,5-7H2,2-3H3/b9-8-. The lowest BCUT2D eigenvalue weighted by Gasteiger charge is -2.03. The first-order valence-electron chi connectivity index (χ1n) is 5.00. The van der Waals surface area contributed by atoms with E-state index in [2.05, 4.69) is 15.4 Å². The number of carbonyl (C=O) groups is 3. The fourth-order valence-corrected chi connectivity index (χ4v) is 0.985. The first-order valence-corrected chi connectivity index (χ1v) is 5.00. The van der Waals surface area contributed by atoms with Crippen LogP contribution in [0.3, 0.4) is 0 Å². The van der Waals surface area contributed by atoms with E-state index in [1.165, 1.54) is 0 Å². The molecule has 0 atom stereocenters. The molecule has 0 aliphatic rings. The van der Waals surface area contributed by atoms with Crippen LogP contribution in [0.1, 0.15) is 19.8 Å². The van der Waals surface area contributed by atoms with Gasteiger partial charge in [0.05, 0.1) is 13.7 Å². The second-order valence-corrected chi connectivity index (χ2v) is 2.93. The van der Waals surface area contributed by atoms with Gasteiger partial charge >= 0.3 is 11.9 Å². The molecule has 5 nitrogen and oxygen atoms in total. The van der Waals surface area contributed by atoms with Crippen molar-refractivity contribution in [3.8, 4) is 12.3 Å². The molecule has 92 valence electrons. The van der Waals surface area contributed by atoms with Crippen molar-refractivity contribution >= 4 is 17.7 Å². The topological polar surface area (TPSA) is 69.7 Å². The van der Waals surface area contributed by atoms with Crippen molar-refractivity contribution in [2.45, 2.75) is 19.8 Å². The molecular weight excluding hydrogens is 224 g/mol. The van der Waals surface area contributed by atoms with Crippen LogP contribution in [-0.4, -0.2) is 31.4 Å². The molecule has 0 heterocycles. The van der Waals surface area contributed by atoms with Gasteiger partial charge in [-0.05, 0) is 6.92 Å². The van der Waals surface area contributed by atoms with Crippen molar-refractivity contribution in [3.05, 3.63) is 11.6 Å². The van der Waals surface area contributed by atoms with E-state index in [1.807, 2.05) is 0 Å². The molecule has 0 rings (SSSR count). The lowest BCUT2D eigenvalue weighted by molar-refractivity contribution is -0.141. The average Bonchev–Trinajstić information content (AvgIpc) is 2.32. The quantitative estimate of drug-likeness (QED) is 0.223. The van der Waals surface area contributed by atoms with E-state index in [4.69, 9.17) is 6.42 Å². The monoisotopic (exact) mass is 238 g/mol. The second kappa shape index (κ2) is 8.11. The first kappa shape index (κ1) is 14.9. The summed E-state index contributed by atoms with van der Waals surface area (Å²) < 4.78 is 9.01. The number of hydrogen-bond acceptors (Lipinski definition) is 5. The van der Waals surface area contributed by atoms with E-state index in [1.54, 1.807) is 6.92 Å². The number of carbonyl (C=O) groups excluding carboxylic acids is 3. The summed E-state index contributed by atoms with van der Waals surface area (Å²) in [5, 5.41) is 0. The molecule has 0 unspecified atom stereocenters. The smallest absolute Gasteiger partial charge is 0.341 e. The highest BCUT2D eigenvalue weighted by molar-refractivity contribution is 6.19. The normalized spacial score (nSPS) is 10.3. The van der Waals surface area contributed by atoms with Crippen molar-refractivity contribution in [3.63, 3.8) is 0 Å². The van der Waals surface area contributed by atoms with Gasteiger partial charge < -0.3 is 9.47 Å². The zero-order chi connectivity index (χ0) is 13.3. The van der Waals surface area contributed by atoms with Crippen molar-refractivity contribution < 1.29 is 23.9 Å². The van der Waals surface area contributed by atoms with Crippen LogP contribution in [0.15, 0.2) is 11.6 Å². The van der Waals surface area contributed by atoms with Crippen LogP contribution in [0.25, 0.3) is 0 Å². The third kappa shape index (κ3) is 5.52. The van der Waals surface area contributed by atoms with Crippen LogP contribution in [0.4, 0.5) is 0 Å². The number of hydrogen-bond donors (Lipinski definition) is 0. The maximum Gasteiger partial charge on any atom is 0.341 e. The Morgan fingerprint density at radius 1 is 1.35 bits per heavy atom. The fourth-order valence-electron chi connectivity index (χ4n) is 0.985. The van der Waals surface area contributed by atoms with Gasteiger partial charge in [0, 0.05) is 18.9 Å². The number of rotatable bonds is 6. The molecule has 0 aromatic carbocycles. The summed E-state index contributed by atoms with van der Waals surface area (Å²) in [6.07, 6.45) is 6.01. The SMILES string of the molecule is C#CCCC(=O)/C(=C/C(=O)OCC)C(=O)OC. The predicted octanol–water partition coefficient (Wildman–Crippen LogP) is 0.631. The van der Waals surface area contributed by atoms with Crippen LogP contribution in [-0.2, 0) is 23.9 Å². The first-order chi connectivity index (χ1) is 8.06. The largest absolute Gasteiger partial charge is 0.465 e. The molecule has 0 amide bonds. The van der Waals surface area contributed by atoms with Gasteiger partial charge in [0.15, 0.2) is 5.78 Å². The van der Waals surface area contributed by atoms with E-state index < -0.39 is 17.7 Å². The summed E-state index contributed by atoms with van der Waals surface area (Å²) in [6.45, 7) is 1.77. The highest BCUT2D eigenvalue weighted by Gasteiger charge is 2.20.